The number of carbonyl (C=O) groups excluding carboxylic acids is 1. The van der Waals surface area contributed by atoms with E-state index < -0.39 is 0 Å². The number of nitrogens with zero attached hydrogens (tertiary/aromatic N) is 3. The molecule has 2 aliphatic heterocycles. The van der Waals surface area contributed by atoms with E-state index in [1.807, 2.05) is 29.2 Å². The molecular weight excluding hydrogens is 430 g/mol. The predicted octanol–water partition coefficient (Wildman–Crippen LogP) is 3.42. The molecule has 0 radical (unpaired) electrons. The number of carbonyl (C=O) groups is 1. The SMILES string of the molecule is COC1=C2CCN(C(=O)Cc3ccc(Br)cc3)C=C2C(N2CCN(C)CC2)CC1. The molecule has 1 aliphatic carbocycles. The number of hydrogen-bond acceptors (Lipinski definition) is 4. The van der Waals surface area contributed by atoms with E-state index in [1.54, 1.807) is 7.11 Å². The molecule has 0 aromatic heterocycles. The summed E-state index contributed by atoms with van der Waals surface area (Å²) >= 11 is 3.46. The van der Waals surface area contributed by atoms with E-state index in [0.29, 0.717) is 12.5 Å². The van der Waals surface area contributed by atoms with E-state index in [4.69, 9.17) is 4.74 Å². The summed E-state index contributed by atoms with van der Waals surface area (Å²) in [5.74, 6) is 1.28. The lowest BCUT2D eigenvalue weighted by Gasteiger charge is -2.43. The van der Waals surface area contributed by atoms with E-state index in [1.165, 1.54) is 11.1 Å². The number of piperazine rings is 1. The van der Waals surface area contributed by atoms with Crippen LogP contribution in [0.2, 0.25) is 0 Å². The Morgan fingerprint density at radius 1 is 1.10 bits per heavy atom. The smallest absolute Gasteiger partial charge is 0.230 e. The van der Waals surface area contributed by atoms with Gasteiger partial charge in [0.15, 0.2) is 0 Å². The van der Waals surface area contributed by atoms with Crippen molar-refractivity contribution in [3.8, 4) is 0 Å². The van der Waals surface area contributed by atoms with Gasteiger partial charge in [0.25, 0.3) is 0 Å². The van der Waals surface area contributed by atoms with E-state index in [-0.39, 0.29) is 5.91 Å². The Balaban J connectivity index is 1.55. The van der Waals surface area contributed by atoms with E-state index >= 15 is 0 Å². The third-order valence-electron chi connectivity index (χ3n) is 6.40. The second-order valence-electron chi connectivity index (χ2n) is 8.22. The highest BCUT2D eigenvalue weighted by Gasteiger charge is 2.35. The molecule has 0 spiro atoms. The average molecular weight is 460 g/mol. The molecule has 1 fully saturated rings. The number of amides is 1. The Morgan fingerprint density at radius 3 is 2.52 bits per heavy atom. The minimum Gasteiger partial charge on any atom is -0.501 e. The molecule has 4 rings (SSSR count). The molecule has 2 heterocycles. The first-order chi connectivity index (χ1) is 14.0. The van der Waals surface area contributed by atoms with Crippen LogP contribution in [0.25, 0.3) is 0 Å². The van der Waals surface area contributed by atoms with Gasteiger partial charge in [0.1, 0.15) is 0 Å². The van der Waals surface area contributed by atoms with Crippen LogP contribution in [0.3, 0.4) is 0 Å². The zero-order chi connectivity index (χ0) is 20.4. The molecule has 0 saturated carbocycles. The van der Waals surface area contributed by atoms with Gasteiger partial charge in [-0.2, -0.15) is 0 Å². The number of fused-ring (bicyclic) bond motifs is 1. The second kappa shape index (κ2) is 9.02. The summed E-state index contributed by atoms with van der Waals surface area (Å²) < 4.78 is 6.76. The fraction of sp³-hybridized carbons (Fsp3) is 0.522. The van der Waals surface area contributed by atoms with Gasteiger partial charge in [-0.15, -0.1) is 0 Å². The maximum Gasteiger partial charge on any atom is 0.230 e. The maximum atomic E-state index is 13.0. The van der Waals surface area contributed by atoms with Gasteiger partial charge in [-0.05, 0) is 48.7 Å². The molecular formula is C23H30BrN3O2. The summed E-state index contributed by atoms with van der Waals surface area (Å²) in [4.78, 5) is 19.9. The highest BCUT2D eigenvalue weighted by Crippen LogP contribution is 2.38. The molecule has 1 aromatic rings. The normalized spacial score (nSPS) is 23.6. The zero-order valence-corrected chi connectivity index (χ0v) is 19.0. The quantitative estimate of drug-likeness (QED) is 0.690. The van der Waals surface area contributed by atoms with Crippen LogP contribution in [0.5, 0.6) is 0 Å². The fourth-order valence-electron chi connectivity index (χ4n) is 4.66. The molecule has 1 aromatic carbocycles. The number of likely N-dealkylation sites (N-methyl/N-ethyl adjacent to an activating group) is 1. The summed E-state index contributed by atoms with van der Waals surface area (Å²) in [6.07, 6.45) is 5.50. The molecule has 0 bridgehead atoms. The van der Waals surface area contributed by atoms with Gasteiger partial charge in [0.05, 0.1) is 19.3 Å². The van der Waals surface area contributed by atoms with Crippen LogP contribution in [0.15, 0.2) is 51.8 Å². The summed E-state index contributed by atoms with van der Waals surface area (Å²) in [7, 11) is 3.97. The van der Waals surface area contributed by atoms with Crippen molar-refractivity contribution in [3.63, 3.8) is 0 Å². The van der Waals surface area contributed by atoms with Crippen LogP contribution < -0.4 is 0 Å². The number of allylic oxidation sites excluding steroid dienone is 1. The first-order valence-electron chi connectivity index (χ1n) is 10.5. The van der Waals surface area contributed by atoms with Crippen LogP contribution in [-0.2, 0) is 16.0 Å². The van der Waals surface area contributed by atoms with Crippen LogP contribution in [0.1, 0.15) is 24.8 Å². The Hall–Kier alpha value is -1.63. The molecule has 5 nitrogen and oxygen atoms in total. The van der Waals surface area contributed by atoms with Crippen LogP contribution >= 0.6 is 15.9 Å². The molecule has 1 unspecified atom stereocenters. The average Bonchev–Trinajstić information content (AvgIpc) is 2.75. The third kappa shape index (κ3) is 4.60. The minimum atomic E-state index is 0.167. The van der Waals surface area contributed by atoms with Gasteiger partial charge >= 0.3 is 0 Å². The lowest BCUT2D eigenvalue weighted by atomic mass is 9.83. The van der Waals surface area contributed by atoms with Gasteiger partial charge in [-0.3, -0.25) is 9.69 Å². The maximum absolute atomic E-state index is 13.0. The highest BCUT2D eigenvalue weighted by atomic mass is 79.9. The Labute approximate surface area is 182 Å². The molecule has 1 atom stereocenters. The Bertz CT molecular complexity index is 810. The molecule has 6 heteroatoms. The van der Waals surface area contributed by atoms with Crippen molar-refractivity contribution in [1.82, 2.24) is 14.7 Å². The lowest BCUT2D eigenvalue weighted by Crippen LogP contribution is -2.51. The summed E-state index contributed by atoms with van der Waals surface area (Å²) in [5.41, 5.74) is 3.68. The molecule has 1 amide bonds. The Kier molecular flexibility index (Phi) is 6.42. The molecule has 156 valence electrons. The number of ether oxygens (including phenoxy) is 1. The monoisotopic (exact) mass is 459 g/mol. The molecule has 29 heavy (non-hydrogen) atoms. The van der Waals surface area contributed by atoms with Crippen molar-refractivity contribution in [2.45, 2.75) is 31.7 Å². The molecule has 1 saturated heterocycles. The third-order valence-corrected chi connectivity index (χ3v) is 6.93. The van der Waals surface area contributed by atoms with E-state index in [0.717, 1.165) is 67.8 Å². The van der Waals surface area contributed by atoms with Gasteiger partial charge < -0.3 is 14.5 Å². The van der Waals surface area contributed by atoms with Crippen LogP contribution in [0.4, 0.5) is 0 Å². The van der Waals surface area contributed by atoms with Crippen molar-refractivity contribution in [2.75, 3.05) is 46.9 Å². The van der Waals surface area contributed by atoms with Gasteiger partial charge in [0.2, 0.25) is 5.91 Å². The highest BCUT2D eigenvalue weighted by molar-refractivity contribution is 9.10. The topological polar surface area (TPSA) is 36.0 Å². The summed E-state index contributed by atoms with van der Waals surface area (Å²) in [6.45, 7) is 5.11. The first-order valence-corrected chi connectivity index (χ1v) is 11.3. The van der Waals surface area contributed by atoms with Crippen molar-refractivity contribution in [3.05, 3.63) is 57.4 Å². The largest absolute Gasteiger partial charge is 0.501 e. The number of halogens is 1. The molecule has 0 N–H and O–H groups in total. The van der Waals surface area contributed by atoms with E-state index in [2.05, 4.69) is 39.0 Å². The van der Waals surface area contributed by atoms with Crippen molar-refractivity contribution >= 4 is 21.8 Å². The number of rotatable bonds is 4. The molecule has 3 aliphatic rings. The standard InChI is InChI=1S/C23H30BrN3O2/c1-25-11-13-26(14-12-25)21-7-8-22(29-2)19-9-10-27(16-20(19)21)23(28)15-17-3-5-18(24)6-4-17/h3-6,16,21H,7-15H2,1-2H3. The van der Waals surface area contributed by atoms with Gasteiger partial charge in [-0.25, -0.2) is 0 Å². The number of benzene rings is 1. The van der Waals surface area contributed by atoms with Crippen LogP contribution in [-0.4, -0.2) is 73.5 Å². The lowest BCUT2D eigenvalue weighted by molar-refractivity contribution is -0.128. The van der Waals surface area contributed by atoms with Gasteiger partial charge in [0, 0.05) is 55.9 Å². The van der Waals surface area contributed by atoms with Crippen molar-refractivity contribution in [2.24, 2.45) is 0 Å². The number of hydrogen-bond donors (Lipinski definition) is 0. The minimum absolute atomic E-state index is 0.167. The van der Waals surface area contributed by atoms with Crippen molar-refractivity contribution in [1.29, 1.82) is 0 Å². The first kappa shape index (κ1) is 20.6. The predicted molar refractivity (Wildman–Crippen MR) is 118 cm³/mol. The van der Waals surface area contributed by atoms with Gasteiger partial charge in [-0.1, -0.05) is 28.1 Å². The van der Waals surface area contributed by atoms with Crippen molar-refractivity contribution < 1.29 is 9.53 Å². The fourth-order valence-corrected chi connectivity index (χ4v) is 4.93. The zero-order valence-electron chi connectivity index (χ0n) is 17.4. The van der Waals surface area contributed by atoms with E-state index in [9.17, 15) is 4.79 Å². The number of methoxy groups -OCH3 is 1. The summed E-state index contributed by atoms with van der Waals surface area (Å²) in [6, 6.07) is 8.41. The summed E-state index contributed by atoms with van der Waals surface area (Å²) in [5, 5.41) is 0. The Morgan fingerprint density at radius 2 is 1.83 bits per heavy atom. The second-order valence-corrected chi connectivity index (χ2v) is 9.14. The van der Waals surface area contributed by atoms with Crippen LogP contribution in [0, 0.1) is 0 Å².